The lowest BCUT2D eigenvalue weighted by Gasteiger charge is -2.10. The van der Waals surface area contributed by atoms with Crippen LogP contribution < -0.4 is 0 Å². The van der Waals surface area contributed by atoms with Crippen LogP contribution in [-0.2, 0) is 4.74 Å². The third kappa shape index (κ3) is 2.69. The van der Waals surface area contributed by atoms with Gasteiger partial charge < -0.3 is 4.74 Å². The number of halogens is 1. The lowest BCUT2D eigenvalue weighted by atomic mass is 10.0. The van der Waals surface area contributed by atoms with Gasteiger partial charge in [0.1, 0.15) is 0 Å². The second kappa shape index (κ2) is 4.58. The number of nitrogens with zero attached hydrogens (tertiary/aromatic N) is 1. The van der Waals surface area contributed by atoms with Crippen molar-refractivity contribution in [2.45, 2.75) is 25.4 Å². The van der Waals surface area contributed by atoms with Gasteiger partial charge in [0.2, 0.25) is 0 Å². The number of ether oxygens (including phenoxy) is 1. The van der Waals surface area contributed by atoms with Crippen LogP contribution in [0.4, 0.5) is 0 Å². The molecule has 3 heteroatoms. The molecule has 1 rings (SSSR count). The summed E-state index contributed by atoms with van der Waals surface area (Å²) in [6.45, 7) is 0.852. The van der Waals surface area contributed by atoms with E-state index in [0.29, 0.717) is 12.0 Å². The molecule has 2 atom stereocenters. The Morgan fingerprint density at radius 1 is 1.73 bits per heavy atom. The first-order valence-electron chi connectivity index (χ1n) is 3.94. The molecule has 0 aromatic heterocycles. The first kappa shape index (κ1) is 8.83. The first-order chi connectivity index (χ1) is 5.36. The molecule has 0 radical (unpaired) electrons. The minimum atomic E-state index is -0.0280. The van der Waals surface area contributed by atoms with Crippen molar-refractivity contribution in [1.29, 1.82) is 5.26 Å². The Labute approximate surface area is 72.1 Å². The van der Waals surface area contributed by atoms with Crippen molar-refractivity contribution in [3.63, 3.8) is 0 Å². The van der Waals surface area contributed by atoms with Crippen LogP contribution in [0.5, 0.6) is 0 Å². The molecule has 2 unspecified atom stereocenters. The van der Waals surface area contributed by atoms with E-state index in [0.717, 1.165) is 25.9 Å². The van der Waals surface area contributed by atoms with Crippen LogP contribution in [-0.4, -0.2) is 18.6 Å². The molecular formula is C8H12ClNO. The van der Waals surface area contributed by atoms with Gasteiger partial charge in [0.05, 0.1) is 18.1 Å². The molecule has 0 saturated carbocycles. The van der Waals surface area contributed by atoms with Gasteiger partial charge >= 0.3 is 0 Å². The summed E-state index contributed by atoms with van der Waals surface area (Å²) < 4.78 is 5.38. The second-order valence-electron chi connectivity index (χ2n) is 2.85. The van der Waals surface area contributed by atoms with E-state index in [1.165, 1.54) is 0 Å². The van der Waals surface area contributed by atoms with E-state index < -0.39 is 0 Å². The maximum atomic E-state index is 8.60. The van der Waals surface area contributed by atoms with Crippen LogP contribution >= 0.6 is 11.6 Å². The van der Waals surface area contributed by atoms with E-state index >= 15 is 0 Å². The van der Waals surface area contributed by atoms with Gasteiger partial charge in [0, 0.05) is 12.5 Å². The van der Waals surface area contributed by atoms with Crippen molar-refractivity contribution >= 4 is 11.6 Å². The summed E-state index contributed by atoms with van der Waals surface area (Å²) in [6, 6.07) is 2.17. The van der Waals surface area contributed by atoms with Crippen LogP contribution in [0.1, 0.15) is 19.3 Å². The van der Waals surface area contributed by atoms with E-state index in [1.54, 1.807) is 0 Å². The monoisotopic (exact) mass is 173 g/mol. The number of rotatable bonds is 3. The Morgan fingerprint density at radius 2 is 2.55 bits per heavy atom. The minimum Gasteiger partial charge on any atom is -0.378 e. The zero-order chi connectivity index (χ0) is 8.10. The zero-order valence-electron chi connectivity index (χ0n) is 6.42. The lowest BCUT2D eigenvalue weighted by Crippen LogP contribution is -2.12. The molecule has 2 nitrogen and oxygen atoms in total. The maximum absolute atomic E-state index is 8.60. The number of alkyl halides is 1. The average molecular weight is 174 g/mol. The van der Waals surface area contributed by atoms with Crippen LogP contribution in [0.3, 0.4) is 0 Å². The average Bonchev–Trinajstić information content (AvgIpc) is 2.52. The summed E-state index contributed by atoms with van der Waals surface area (Å²) in [6.07, 6.45) is 3.32. The van der Waals surface area contributed by atoms with Gasteiger partial charge in [-0.15, -0.1) is 11.6 Å². The SMILES string of the molecule is N#CC(CCl)CC1CCCO1. The standard InChI is InChI=1S/C8H12ClNO/c9-5-7(6-10)4-8-2-1-3-11-8/h7-8H,1-5H2. The van der Waals surface area contributed by atoms with Gasteiger partial charge in [-0.1, -0.05) is 0 Å². The van der Waals surface area contributed by atoms with E-state index in [4.69, 9.17) is 21.6 Å². The third-order valence-corrected chi connectivity index (χ3v) is 2.31. The van der Waals surface area contributed by atoms with Crippen molar-refractivity contribution in [1.82, 2.24) is 0 Å². The Balaban J connectivity index is 2.23. The van der Waals surface area contributed by atoms with Crippen molar-refractivity contribution in [2.75, 3.05) is 12.5 Å². The molecule has 0 spiro atoms. The Bertz CT molecular complexity index is 149. The molecular weight excluding hydrogens is 162 g/mol. The fraction of sp³-hybridized carbons (Fsp3) is 0.875. The summed E-state index contributed by atoms with van der Waals surface area (Å²) >= 11 is 5.57. The molecule has 0 bridgehead atoms. The molecule has 0 N–H and O–H groups in total. The predicted octanol–water partition coefficient (Wildman–Crippen LogP) is 1.93. The molecule has 1 aliphatic rings. The Morgan fingerprint density at radius 3 is 3.00 bits per heavy atom. The molecule has 62 valence electrons. The molecule has 0 amide bonds. The highest BCUT2D eigenvalue weighted by Gasteiger charge is 2.19. The minimum absolute atomic E-state index is 0.0280. The second-order valence-corrected chi connectivity index (χ2v) is 3.16. The molecule has 0 aromatic carbocycles. The highest BCUT2D eigenvalue weighted by Crippen LogP contribution is 2.20. The largest absolute Gasteiger partial charge is 0.378 e. The van der Waals surface area contributed by atoms with Crippen molar-refractivity contribution < 1.29 is 4.74 Å². The van der Waals surface area contributed by atoms with Crippen molar-refractivity contribution in [3.05, 3.63) is 0 Å². The quantitative estimate of drug-likeness (QED) is 0.611. The molecule has 0 aliphatic carbocycles. The van der Waals surface area contributed by atoms with Crippen LogP contribution in [0.25, 0.3) is 0 Å². The third-order valence-electron chi connectivity index (χ3n) is 1.94. The Kier molecular flexibility index (Phi) is 3.68. The van der Waals surface area contributed by atoms with Gasteiger partial charge in [-0.25, -0.2) is 0 Å². The van der Waals surface area contributed by atoms with Gasteiger partial charge in [0.15, 0.2) is 0 Å². The molecule has 0 aromatic rings. The molecule has 1 fully saturated rings. The fourth-order valence-electron chi connectivity index (χ4n) is 1.30. The van der Waals surface area contributed by atoms with Gasteiger partial charge in [0.25, 0.3) is 0 Å². The highest BCUT2D eigenvalue weighted by molar-refractivity contribution is 6.18. The Hall–Kier alpha value is -0.260. The predicted molar refractivity (Wildman–Crippen MR) is 43.4 cm³/mol. The summed E-state index contributed by atoms with van der Waals surface area (Å²) in [5.74, 6) is 0.399. The number of hydrogen-bond donors (Lipinski definition) is 0. The first-order valence-corrected chi connectivity index (χ1v) is 4.47. The highest BCUT2D eigenvalue weighted by atomic mass is 35.5. The fourth-order valence-corrected chi connectivity index (χ4v) is 1.49. The molecule has 1 aliphatic heterocycles. The summed E-state index contributed by atoms with van der Waals surface area (Å²) in [7, 11) is 0. The van der Waals surface area contributed by atoms with E-state index in [1.807, 2.05) is 0 Å². The van der Waals surface area contributed by atoms with E-state index in [2.05, 4.69) is 6.07 Å². The molecule has 1 heterocycles. The molecule has 1 saturated heterocycles. The topological polar surface area (TPSA) is 33.0 Å². The lowest BCUT2D eigenvalue weighted by molar-refractivity contribution is 0.0976. The van der Waals surface area contributed by atoms with E-state index in [9.17, 15) is 0 Å². The summed E-state index contributed by atoms with van der Waals surface area (Å²) in [5.41, 5.74) is 0. The normalized spacial score (nSPS) is 26.4. The summed E-state index contributed by atoms with van der Waals surface area (Å²) in [5, 5.41) is 8.60. The van der Waals surface area contributed by atoms with Crippen LogP contribution in [0.15, 0.2) is 0 Å². The number of nitriles is 1. The van der Waals surface area contributed by atoms with Crippen molar-refractivity contribution in [3.8, 4) is 6.07 Å². The van der Waals surface area contributed by atoms with Gasteiger partial charge in [-0.3, -0.25) is 0 Å². The van der Waals surface area contributed by atoms with Crippen LogP contribution in [0.2, 0.25) is 0 Å². The van der Waals surface area contributed by atoms with Gasteiger partial charge in [-0.2, -0.15) is 5.26 Å². The van der Waals surface area contributed by atoms with Crippen LogP contribution in [0, 0.1) is 17.2 Å². The smallest absolute Gasteiger partial charge is 0.0669 e. The zero-order valence-corrected chi connectivity index (χ0v) is 7.18. The molecule has 11 heavy (non-hydrogen) atoms. The summed E-state index contributed by atoms with van der Waals surface area (Å²) in [4.78, 5) is 0. The van der Waals surface area contributed by atoms with E-state index in [-0.39, 0.29) is 5.92 Å². The van der Waals surface area contributed by atoms with Gasteiger partial charge in [-0.05, 0) is 19.3 Å². The maximum Gasteiger partial charge on any atom is 0.0669 e. The van der Waals surface area contributed by atoms with Crippen molar-refractivity contribution in [2.24, 2.45) is 5.92 Å². The number of hydrogen-bond acceptors (Lipinski definition) is 2.